The summed E-state index contributed by atoms with van der Waals surface area (Å²) in [7, 11) is 1.68. The number of benzene rings is 1. The monoisotopic (exact) mass is 407 g/mol. The maximum absolute atomic E-state index is 6.42. The summed E-state index contributed by atoms with van der Waals surface area (Å²) in [4.78, 5) is 9.27. The van der Waals surface area contributed by atoms with E-state index >= 15 is 0 Å². The number of allylic oxidation sites excluding steroid dienone is 1. The van der Waals surface area contributed by atoms with E-state index < -0.39 is 0 Å². The third kappa shape index (κ3) is 4.34. The first-order chi connectivity index (χ1) is 12.9. The highest BCUT2D eigenvalue weighted by Crippen LogP contribution is 2.33. The number of halogens is 2. The lowest BCUT2D eigenvalue weighted by Gasteiger charge is -2.33. The van der Waals surface area contributed by atoms with Crippen LogP contribution in [0, 0.1) is 0 Å². The molecule has 0 bridgehead atoms. The molecule has 2 atom stereocenters. The molecule has 0 fully saturated rings. The highest BCUT2D eigenvalue weighted by atomic mass is 35.5. The van der Waals surface area contributed by atoms with Gasteiger partial charge in [0.05, 0.1) is 12.6 Å². The fourth-order valence-electron chi connectivity index (χ4n) is 3.03. The number of aliphatic imine (C=N–C) groups is 2. The highest BCUT2D eigenvalue weighted by Gasteiger charge is 2.30. The van der Waals surface area contributed by atoms with Gasteiger partial charge in [0.25, 0.3) is 0 Å². The third-order valence-electron chi connectivity index (χ3n) is 4.45. The van der Waals surface area contributed by atoms with Gasteiger partial charge in [-0.1, -0.05) is 36.2 Å². The van der Waals surface area contributed by atoms with Crippen molar-refractivity contribution in [3.63, 3.8) is 0 Å². The Bertz CT molecular complexity index is 847. The van der Waals surface area contributed by atoms with Crippen LogP contribution in [0.2, 0.25) is 10.0 Å². The normalized spacial score (nSPS) is 21.9. The molecule has 2 aliphatic rings. The molecule has 2 aliphatic heterocycles. The Morgan fingerprint density at radius 2 is 2.11 bits per heavy atom. The lowest BCUT2D eigenvalue weighted by molar-refractivity contribution is 0.179. The van der Waals surface area contributed by atoms with Crippen LogP contribution in [0.25, 0.3) is 0 Å². The van der Waals surface area contributed by atoms with Gasteiger partial charge in [-0.05, 0) is 44.0 Å². The van der Waals surface area contributed by atoms with Crippen LogP contribution in [0.1, 0.15) is 38.7 Å². The van der Waals surface area contributed by atoms with Crippen molar-refractivity contribution in [3.05, 3.63) is 45.7 Å². The van der Waals surface area contributed by atoms with Crippen molar-refractivity contribution in [1.82, 2.24) is 10.3 Å². The molecule has 0 aliphatic carbocycles. The molecule has 0 saturated heterocycles. The van der Waals surface area contributed by atoms with E-state index in [9.17, 15) is 0 Å². The first-order valence-corrected chi connectivity index (χ1v) is 9.59. The van der Waals surface area contributed by atoms with Gasteiger partial charge in [0.2, 0.25) is 5.96 Å². The summed E-state index contributed by atoms with van der Waals surface area (Å²) in [5.74, 6) is 2.08. The molecule has 0 aromatic heterocycles. The van der Waals surface area contributed by atoms with Crippen LogP contribution in [0.3, 0.4) is 0 Å². The molecular weight excluding hydrogens is 385 g/mol. The van der Waals surface area contributed by atoms with Gasteiger partial charge in [-0.2, -0.15) is 15.1 Å². The van der Waals surface area contributed by atoms with Gasteiger partial charge < -0.3 is 10.1 Å². The quantitative estimate of drug-likeness (QED) is 0.785. The zero-order valence-corrected chi connectivity index (χ0v) is 17.3. The van der Waals surface area contributed by atoms with Crippen molar-refractivity contribution in [2.24, 2.45) is 15.1 Å². The minimum atomic E-state index is -0.0541. The minimum absolute atomic E-state index is 0.0276. The summed E-state index contributed by atoms with van der Waals surface area (Å²) in [6.45, 7) is 6.49. The lowest BCUT2D eigenvalue weighted by atomic mass is 9.93. The van der Waals surface area contributed by atoms with E-state index in [0.29, 0.717) is 22.6 Å². The van der Waals surface area contributed by atoms with Crippen molar-refractivity contribution < 1.29 is 4.74 Å². The number of fused-ring (bicyclic) bond motifs is 1. The van der Waals surface area contributed by atoms with E-state index in [1.54, 1.807) is 18.2 Å². The van der Waals surface area contributed by atoms with Crippen LogP contribution < -0.4 is 5.32 Å². The van der Waals surface area contributed by atoms with E-state index in [0.717, 1.165) is 29.4 Å². The Labute approximate surface area is 169 Å². The second-order valence-electron chi connectivity index (χ2n) is 6.52. The number of hydrogen-bond donors (Lipinski definition) is 1. The standard InChI is InChI=1S/C19H23Cl2N5O/c1-5-14(10-27-4)24-19-23-12(3)22-18-9-16(11(2)25-26(18)19)15-7-6-13(20)8-17(15)21/h6-9,14,16H,5,10H2,1-4H3,(H,22,23,24). The van der Waals surface area contributed by atoms with Gasteiger partial charge in [-0.25, -0.2) is 4.99 Å². The zero-order chi connectivity index (χ0) is 19.6. The molecule has 0 amide bonds. The summed E-state index contributed by atoms with van der Waals surface area (Å²) in [5, 5.41) is 11.0. The number of nitrogens with zero attached hydrogens (tertiary/aromatic N) is 4. The summed E-state index contributed by atoms with van der Waals surface area (Å²) in [6.07, 6.45) is 2.94. The number of nitrogens with one attached hydrogen (secondary N) is 1. The smallest absolute Gasteiger partial charge is 0.249 e. The van der Waals surface area contributed by atoms with Crippen LogP contribution in [0.5, 0.6) is 0 Å². The Kier molecular flexibility index (Phi) is 6.19. The fraction of sp³-hybridized carbons (Fsp3) is 0.421. The maximum Gasteiger partial charge on any atom is 0.249 e. The van der Waals surface area contributed by atoms with Crippen LogP contribution in [-0.4, -0.2) is 42.3 Å². The topological polar surface area (TPSA) is 61.6 Å². The summed E-state index contributed by atoms with van der Waals surface area (Å²) in [6, 6.07) is 5.55. The maximum atomic E-state index is 6.42. The molecule has 1 aromatic carbocycles. The Morgan fingerprint density at radius 1 is 1.33 bits per heavy atom. The fourth-order valence-corrected chi connectivity index (χ4v) is 3.56. The lowest BCUT2D eigenvalue weighted by Crippen LogP contribution is -2.43. The molecule has 2 unspecified atom stereocenters. The number of amidine groups is 1. The van der Waals surface area contributed by atoms with E-state index in [4.69, 9.17) is 38.0 Å². The van der Waals surface area contributed by atoms with Crippen LogP contribution in [-0.2, 0) is 4.74 Å². The number of hydrazone groups is 1. The SMILES string of the molecule is CCC(COC)N=C1N=C(C)NC2=CC(c3ccc(Cl)cc3Cl)C(C)=NN21. The van der Waals surface area contributed by atoms with Gasteiger partial charge in [0.15, 0.2) is 0 Å². The van der Waals surface area contributed by atoms with Gasteiger partial charge in [0, 0.05) is 28.8 Å². The number of methoxy groups -OCH3 is 1. The van der Waals surface area contributed by atoms with Crippen LogP contribution in [0.15, 0.2) is 45.2 Å². The van der Waals surface area contributed by atoms with Crippen molar-refractivity contribution in [3.8, 4) is 0 Å². The van der Waals surface area contributed by atoms with E-state index in [2.05, 4.69) is 23.3 Å². The van der Waals surface area contributed by atoms with Gasteiger partial charge in [-0.15, -0.1) is 0 Å². The molecule has 1 N–H and O–H groups in total. The van der Waals surface area contributed by atoms with Crippen molar-refractivity contribution in [2.45, 2.75) is 39.2 Å². The molecule has 1 aromatic rings. The highest BCUT2D eigenvalue weighted by molar-refractivity contribution is 6.35. The summed E-state index contributed by atoms with van der Waals surface area (Å²) in [5.41, 5.74) is 1.85. The van der Waals surface area contributed by atoms with E-state index in [1.807, 2.05) is 26.0 Å². The molecule has 3 rings (SSSR count). The molecule has 0 radical (unpaired) electrons. The first kappa shape index (κ1) is 19.9. The van der Waals surface area contributed by atoms with Crippen molar-refractivity contribution in [1.29, 1.82) is 0 Å². The number of rotatable bonds is 5. The van der Waals surface area contributed by atoms with Gasteiger partial charge >= 0.3 is 0 Å². The molecule has 8 heteroatoms. The Hall–Kier alpha value is -1.89. The van der Waals surface area contributed by atoms with Gasteiger partial charge in [0.1, 0.15) is 11.7 Å². The largest absolute Gasteiger partial charge is 0.382 e. The Morgan fingerprint density at radius 3 is 2.78 bits per heavy atom. The van der Waals surface area contributed by atoms with Crippen molar-refractivity contribution in [2.75, 3.05) is 13.7 Å². The van der Waals surface area contributed by atoms with E-state index in [-0.39, 0.29) is 12.0 Å². The number of hydrogen-bond acceptors (Lipinski definition) is 4. The summed E-state index contributed by atoms with van der Waals surface area (Å²) < 4.78 is 5.25. The molecule has 6 nitrogen and oxygen atoms in total. The molecule has 0 saturated carbocycles. The average Bonchev–Trinajstić information content (AvgIpc) is 2.61. The zero-order valence-electron chi connectivity index (χ0n) is 15.8. The molecule has 0 spiro atoms. The molecule has 144 valence electrons. The number of ether oxygens (including phenoxy) is 1. The molecular formula is C19H23Cl2N5O. The predicted molar refractivity (Wildman–Crippen MR) is 112 cm³/mol. The minimum Gasteiger partial charge on any atom is -0.382 e. The summed E-state index contributed by atoms with van der Waals surface area (Å²) >= 11 is 12.5. The predicted octanol–water partition coefficient (Wildman–Crippen LogP) is 4.41. The molecule has 27 heavy (non-hydrogen) atoms. The second-order valence-corrected chi connectivity index (χ2v) is 7.36. The van der Waals surface area contributed by atoms with Crippen LogP contribution >= 0.6 is 23.2 Å². The van der Waals surface area contributed by atoms with Gasteiger partial charge in [-0.3, -0.25) is 0 Å². The van der Waals surface area contributed by atoms with Crippen molar-refractivity contribution >= 4 is 40.7 Å². The Balaban J connectivity index is 1.98. The first-order valence-electron chi connectivity index (χ1n) is 8.84. The molecule has 2 heterocycles. The van der Waals surface area contributed by atoms with Crippen LogP contribution in [0.4, 0.5) is 0 Å². The van der Waals surface area contributed by atoms with E-state index in [1.165, 1.54) is 0 Å². The third-order valence-corrected chi connectivity index (χ3v) is 5.01. The second kappa shape index (κ2) is 8.42. The number of guanidine groups is 1. The average molecular weight is 408 g/mol.